The van der Waals surface area contributed by atoms with Crippen molar-refractivity contribution >= 4 is 23.4 Å². The van der Waals surface area contributed by atoms with E-state index in [1.807, 2.05) is 26.0 Å². The first-order chi connectivity index (χ1) is 25.0. The van der Waals surface area contributed by atoms with E-state index in [9.17, 15) is 9.90 Å². The summed E-state index contributed by atoms with van der Waals surface area (Å²) in [6.45, 7) is 6.33. The second-order valence-electron chi connectivity index (χ2n) is 14.0. The number of thiocarbonyl (C=S) groups is 1. The molecule has 10 atom stereocenters. The summed E-state index contributed by atoms with van der Waals surface area (Å²) in [6, 6.07) is 7.32. The summed E-state index contributed by atoms with van der Waals surface area (Å²) in [6.07, 6.45) is -3.96. The van der Waals surface area contributed by atoms with Crippen LogP contribution >= 0.6 is 12.2 Å². The molecule has 2 aromatic rings. The van der Waals surface area contributed by atoms with Crippen LogP contribution in [0.2, 0.25) is 0 Å². The van der Waals surface area contributed by atoms with Crippen molar-refractivity contribution in [1.82, 2.24) is 0 Å². The Bertz CT molecular complexity index is 1670. The molecule has 5 heterocycles. The summed E-state index contributed by atoms with van der Waals surface area (Å²) in [5.41, 5.74) is 2.23. The molecule has 0 spiro atoms. The van der Waals surface area contributed by atoms with Crippen LogP contribution in [0.3, 0.4) is 0 Å². The second kappa shape index (κ2) is 14.1. The van der Waals surface area contributed by atoms with Gasteiger partial charge in [0, 0.05) is 30.5 Å². The van der Waals surface area contributed by atoms with Gasteiger partial charge in [0.1, 0.15) is 24.9 Å². The number of ether oxygens (including phenoxy) is 13. The van der Waals surface area contributed by atoms with E-state index in [1.165, 1.54) is 14.2 Å². The lowest BCUT2D eigenvalue weighted by atomic mass is 9.66. The molecule has 4 fully saturated rings. The van der Waals surface area contributed by atoms with Crippen LogP contribution in [0.1, 0.15) is 55.9 Å². The Morgan fingerprint density at radius 2 is 1.71 bits per heavy atom. The summed E-state index contributed by atoms with van der Waals surface area (Å²) in [5, 5.41) is 10.9. The van der Waals surface area contributed by atoms with Crippen molar-refractivity contribution in [3.63, 3.8) is 0 Å². The number of cyclic esters (lactones) is 1. The molecular formula is C36H42O15S. The molecule has 1 aliphatic carbocycles. The van der Waals surface area contributed by atoms with Gasteiger partial charge >= 0.3 is 11.2 Å². The zero-order valence-corrected chi connectivity index (χ0v) is 30.2. The first-order valence-electron chi connectivity index (χ1n) is 17.3. The molecule has 4 saturated heterocycles. The fourth-order valence-electron chi connectivity index (χ4n) is 7.95. The van der Waals surface area contributed by atoms with E-state index in [4.69, 9.17) is 73.8 Å². The minimum Gasteiger partial charge on any atom is -0.493 e. The zero-order chi connectivity index (χ0) is 36.3. The van der Waals surface area contributed by atoms with Crippen LogP contribution in [0.4, 0.5) is 0 Å². The number of rotatable bonds is 8. The van der Waals surface area contributed by atoms with E-state index in [0.29, 0.717) is 35.2 Å². The highest BCUT2D eigenvalue weighted by Gasteiger charge is 2.55. The lowest BCUT2D eigenvalue weighted by Gasteiger charge is -2.45. The predicted octanol–water partition coefficient (Wildman–Crippen LogP) is 3.49. The highest BCUT2D eigenvalue weighted by molar-refractivity contribution is 7.79. The van der Waals surface area contributed by atoms with Crippen LogP contribution in [0.15, 0.2) is 24.3 Å². The first-order valence-corrected chi connectivity index (χ1v) is 17.7. The SMILES string of the molecule is COc1cc([C@@H]2c3cc4c(cc3C(O[C@H]3C[C@@H](O)[C@@H]5O[C@H](C)OC[C@H]5O3)C3COC(=O)[C@@H]32)OCO4)cc(OC)c1OC(=S)OCC1COC(C)(C)O1. The molecule has 0 bridgehead atoms. The van der Waals surface area contributed by atoms with E-state index in [2.05, 4.69) is 0 Å². The fourth-order valence-corrected chi connectivity index (χ4v) is 8.10. The smallest absolute Gasteiger partial charge is 0.358 e. The normalized spacial score (nSPS) is 34.1. The lowest BCUT2D eigenvalue weighted by Crippen LogP contribution is -2.56. The van der Waals surface area contributed by atoms with Gasteiger partial charge in [0.15, 0.2) is 41.4 Å². The number of fused-ring (bicyclic) bond motifs is 4. The molecule has 2 aromatic carbocycles. The molecular weight excluding hydrogens is 704 g/mol. The van der Waals surface area contributed by atoms with Crippen LogP contribution in [0, 0.1) is 11.8 Å². The Morgan fingerprint density at radius 1 is 0.981 bits per heavy atom. The number of hydrogen-bond acceptors (Lipinski definition) is 16. The number of aliphatic hydroxyl groups is 1. The zero-order valence-electron chi connectivity index (χ0n) is 29.4. The standard InChI is InChI=1S/C36H42O15S/c1-16-41-14-27-32(47-16)22(37)10-28(48-27)49-31-20-9-24-23(44-15-45-24)8-19(20)29(30-21(31)13-42-34(30)38)17-6-25(39-4)33(26(7-17)40-5)50-35(52)43-11-18-12-46-36(2,3)51-18/h6-9,16,18,21-22,27-32,37H,10-15H2,1-5H3/t16-,18?,21?,22-,27-,28+,29-,30+,31?,32+/m1/s1. The third-order valence-electron chi connectivity index (χ3n) is 10.2. The minimum absolute atomic E-state index is 0.0516. The van der Waals surface area contributed by atoms with Crippen molar-refractivity contribution in [2.45, 2.75) is 82.0 Å². The lowest BCUT2D eigenvalue weighted by molar-refractivity contribution is -0.338. The third kappa shape index (κ3) is 6.64. The number of hydrogen-bond donors (Lipinski definition) is 1. The van der Waals surface area contributed by atoms with Gasteiger partial charge in [0.2, 0.25) is 12.5 Å². The van der Waals surface area contributed by atoms with Crippen molar-refractivity contribution in [2.24, 2.45) is 11.8 Å². The quantitative estimate of drug-likeness (QED) is 0.309. The number of aliphatic hydroxyl groups excluding tert-OH is 1. The van der Waals surface area contributed by atoms with Crippen LogP contribution in [-0.4, -0.2) is 107 Å². The van der Waals surface area contributed by atoms with Crippen molar-refractivity contribution in [3.05, 3.63) is 41.0 Å². The Hall–Kier alpha value is -3.48. The molecule has 16 heteroatoms. The van der Waals surface area contributed by atoms with E-state index in [-0.39, 0.29) is 56.1 Å². The highest BCUT2D eigenvalue weighted by atomic mass is 32.1. The molecule has 5 aliphatic heterocycles. The van der Waals surface area contributed by atoms with Gasteiger partial charge in [-0.3, -0.25) is 4.79 Å². The van der Waals surface area contributed by atoms with Crippen molar-refractivity contribution in [1.29, 1.82) is 0 Å². The number of methoxy groups -OCH3 is 2. The topological polar surface area (TPSA) is 157 Å². The molecule has 0 aromatic heterocycles. The maximum absolute atomic E-state index is 13.7. The summed E-state index contributed by atoms with van der Waals surface area (Å²) >= 11 is 5.41. The van der Waals surface area contributed by atoms with E-state index in [0.717, 1.165) is 11.1 Å². The maximum atomic E-state index is 13.7. The molecule has 6 aliphatic rings. The van der Waals surface area contributed by atoms with Gasteiger partial charge in [-0.2, -0.15) is 0 Å². The van der Waals surface area contributed by atoms with Gasteiger partial charge in [-0.1, -0.05) is 0 Å². The molecule has 1 N–H and O–H groups in total. The van der Waals surface area contributed by atoms with Gasteiger partial charge in [0.25, 0.3) is 0 Å². The fraction of sp³-hybridized carbons (Fsp3) is 0.611. The van der Waals surface area contributed by atoms with Gasteiger partial charge < -0.3 is 66.7 Å². The largest absolute Gasteiger partial charge is 0.493 e. The predicted molar refractivity (Wildman–Crippen MR) is 179 cm³/mol. The van der Waals surface area contributed by atoms with Crippen molar-refractivity contribution < 1.29 is 71.5 Å². The van der Waals surface area contributed by atoms with Crippen LogP contribution in [-0.2, 0) is 42.7 Å². The molecule has 282 valence electrons. The second-order valence-corrected chi connectivity index (χ2v) is 14.3. The Labute approximate surface area is 305 Å². The Morgan fingerprint density at radius 3 is 2.40 bits per heavy atom. The summed E-state index contributed by atoms with van der Waals surface area (Å²) in [4.78, 5) is 13.7. The number of benzene rings is 2. The van der Waals surface area contributed by atoms with Crippen molar-refractivity contribution in [2.75, 3.05) is 47.4 Å². The van der Waals surface area contributed by atoms with Crippen LogP contribution in [0.25, 0.3) is 0 Å². The average Bonchev–Trinajstić information content (AvgIpc) is 3.84. The number of carbonyl (C=O) groups is 1. The van der Waals surface area contributed by atoms with Crippen molar-refractivity contribution in [3.8, 4) is 28.7 Å². The molecule has 8 rings (SSSR count). The van der Waals surface area contributed by atoms with E-state index in [1.54, 1.807) is 19.1 Å². The first kappa shape index (κ1) is 35.5. The van der Waals surface area contributed by atoms with Gasteiger partial charge in [-0.15, -0.1) is 0 Å². The number of esters is 1. The monoisotopic (exact) mass is 746 g/mol. The third-order valence-corrected chi connectivity index (χ3v) is 10.5. The van der Waals surface area contributed by atoms with E-state index >= 15 is 0 Å². The molecule has 15 nitrogen and oxygen atoms in total. The average molecular weight is 747 g/mol. The Kier molecular flexibility index (Phi) is 9.61. The number of carbonyl (C=O) groups excluding carboxylic acids is 1. The summed E-state index contributed by atoms with van der Waals surface area (Å²) < 4.78 is 76.4. The van der Waals surface area contributed by atoms with Gasteiger partial charge in [-0.05, 0) is 61.7 Å². The molecule has 52 heavy (non-hydrogen) atoms. The highest BCUT2D eigenvalue weighted by Crippen LogP contribution is 2.57. The molecule has 0 saturated carbocycles. The van der Waals surface area contributed by atoms with Gasteiger partial charge in [-0.25, -0.2) is 0 Å². The maximum Gasteiger partial charge on any atom is 0.358 e. The molecule has 3 unspecified atom stereocenters. The summed E-state index contributed by atoms with van der Waals surface area (Å²) in [5.74, 6) is -0.849. The minimum atomic E-state index is -0.837. The summed E-state index contributed by atoms with van der Waals surface area (Å²) in [7, 11) is 2.99. The Balaban J connectivity index is 1.11. The van der Waals surface area contributed by atoms with E-state index < -0.39 is 60.5 Å². The van der Waals surface area contributed by atoms with Crippen LogP contribution in [0.5, 0.6) is 28.7 Å². The molecule has 0 radical (unpaired) electrons. The van der Waals surface area contributed by atoms with Gasteiger partial charge in [0.05, 0.1) is 52.2 Å². The van der Waals surface area contributed by atoms with Crippen LogP contribution < -0.4 is 23.7 Å². The molecule has 0 amide bonds.